The van der Waals surface area contributed by atoms with Crippen LogP contribution in [-0.2, 0) is 16.6 Å². The lowest BCUT2D eigenvalue weighted by atomic mass is 10.3. The van der Waals surface area contributed by atoms with Gasteiger partial charge in [0, 0.05) is 18.9 Å². The average Bonchev–Trinajstić information content (AvgIpc) is 2.86. The summed E-state index contributed by atoms with van der Waals surface area (Å²) in [7, 11) is -3.86. The molecule has 2 rings (SSSR count). The molecule has 8 heteroatoms. The third-order valence-electron chi connectivity index (χ3n) is 2.99. The molecule has 0 saturated heterocycles. The maximum absolute atomic E-state index is 12.3. The van der Waals surface area contributed by atoms with Gasteiger partial charge in [-0.3, -0.25) is 9.71 Å². The minimum atomic E-state index is -3.86. The van der Waals surface area contributed by atoms with Gasteiger partial charge in [-0.15, -0.1) is 0 Å². The number of anilines is 1. The Balaban J connectivity index is 2.41. The highest BCUT2D eigenvalue weighted by molar-refractivity contribution is 7.92. The van der Waals surface area contributed by atoms with Crippen LogP contribution in [0.1, 0.15) is 23.1 Å². The van der Waals surface area contributed by atoms with Crippen molar-refractivity contribution in [3.63, 3.8) is 0 Å². The van der Waals surface area contributed by atoms with E-state index in [9.17, 15) is 13.2 Å². The Morgan fingerprint density at radius 3 is 2.71 bits per heavy atom. The van der Waals surface area contributed by atoms with E-state index in [0.29, 0.717) is 17.9 Å². The number of rotatable bonds is 5. The van der Waals surface area contributed by atoms with Crippen molar-refractivity contribution in [3.05, 3.63) is 42.0 Å². The molecule has 0 atom stereocenters. The largest absolute Gasteiger partial charge is 0.477 e. The van der Waals surface area contributed by atoms with Crippen LogP contribution < -0.4 is 4.72 Å². The van der Waals surface area contributed by atoms with E-state index in [-0.39, 0.29) is 10.6 Å². The molecule has 2 aromatic heterocycles. The van der Waals surface area contributed by atoms with Crippen LogP contribution in [0.2, 0.25) is 0 Å². The lowest BCUT2D eigenvalue weighted by Gasteiger charge is -2.08. The maximum atomic E-state index is 12.3. The van der Waals surface area contributed by atoms with Crippen LogP contribution in [0.25, 0.3) is 0 Å². The summed E-state index contributed by atoms with van der Waals surface area (Å²) in [6.07, 6.45) is 2.86. The molecule has 112 valence electrons. The number of aromatic carboxylic acids is 1. The minimum absolute atomic E-state index is 0.0687. The fraction of sp³-hybridized carbons (Fsp3) is 0.231. The van der Waals surface area contributed by atoms with Crippen molar-refractivity contribution in [2.24, 2.45) is 0 Å². The molecule has 0 saturated carbocycles. The highest BCUT2D eigenvalue weighted by Gasteiger charge is 2.21. The molecule has 0 bridgehead atoms. The standard InChI is InChI=1S/C13H15N3O4S/c1-3-16-8-10(7-12(16)13(17)18)21(19,20)15-11-5-4-6-14-9(11)2/h4-8,15H,3H2,1-2H3,(H,17,18). The Morgan fingerprint density at radius 1 is 1.48 bits per heavy atom. The summed E-state index contributed by atoms with van der Waals surface area (Å²) >= 11 is 0. The van der Waals surface area contributed by atoms with Crippen molar-refractivity contribution in [3.8, 4) is 0 Å². The predicted octanol–water partition coefficient (Wildman–Crippen LogP) is 1.71. The molecule has 0 aliphatic rings. The van der Waals surface area contributed by atoms with Gasteiger partial charge < -0.3 is 9.67 Å². The summed E-state index contributed by atoms with van der Waals surface area (Å²) in [6, 6.07) is 4.35. The van der Waals surface area contributed by atoms with E-state index in [1.807, 2.05) is 0 Å². The Labute approximate surface area is 122 Å². The van der Waals surface area contributed by atoms with Gasteiger partial charge in [-0.1, -0.05) is 0 Å². The van der Waals surface area contributed by atoms with Crippen molar-refractivity contribution in [1.82, 2.24) is 9.55 Å². The Morgan fingerprint density at radius 2 is 2.19 bits per heavy atom. The SMILES string of the molecule is CCn1cc(S(=O)(=O)Nc2cccnc2C)cc1C(=O)O. The van der Waals surface area contributed by atoms with Gasteiger partial charge >= 0.3 is 5.97 Å². The molecule has 2 N–H and O–H groups in total. The number of hydrogen-bond acceptors (Lipinski definition) is 4. The number of aryl methyl sites for hydroxylation is 2. The van der Waals surface area contributed by atoms with Crippen LogP contribution in [0, 0.1) is 6.92 Å². The molecule has 7 nitrogen and oxygen atoms in total. The minimum Gasteiger partial charge on any atom is -0.477 e. The zero-order valence-corrected chi connectivity index (χ0v) is 12.4. The molecule has 2 aromatic rings. The highest BCUT2D eigenvalue weighted by atomic mass is 32.2. The van der Waals surface area contributed by atoms with Crippen LogP contribution in [0.4, 0.5) is 5.69 Å². The fourth-order valence-corrected chi connectivity index (χ4v) is 3.02. The summed E-state index contributed by atoms with van der Waals surface area (Å²) in [5.41, 5.74) is 0.828. The lowest BCUT2D eigenvalue weighted by molar-refractivity contribution is 0.0685. The Bertz CT molecular complexity index is 780. The second kappa shape index (κ2) is 5.57. The molecular weight excluding hydrogens is 294 g/mol. The number of carboxylic acids is 1. The number of nitrogens with zero attached hydrogens (tertiary/aromatic N) is 2. The van der Waals surface area contributed by atoms with Crippen LogP contribution >= 0.6 is 0 Å². The molecule has 0 unspecified atom stereocenters. The van der Waals surface area contributed by atoms with Gasteiger partial charge in [0.15, 0.2) is 0 Å². The van der Waals surface area contributed by atoms with Crippen LogP contribution in [-0.4, -0.2) is 29.0 Å². The normalized spacial score (nSPS) is 11.3. The first-order valence-corrected chi connectivity index (χ1v) is 7.71. The third-order valence-corrected chi connectivity index (χ3v) is 4.33. The van der Waals surface area contributed by atoms with Crippen molar-refractivity contribution in [1.29, 1.82) is 0 Å². The van der Waals surface area contributed by atoms with E-state index in [1.165, 1.54) is 10.8 Å². The molecule has 0 fully saturated rings. The summed E-state index contributed by atoms with van der Waals surface area (Å²) in [5.74, 6) is -1.17. The van der Waals surface area contributed by atoms with Gasteiger partial charge in [0.1, 0.15) is 10.6 Å². The summed E-state index contributed by atoms with van der Waals surface area (Å²) in [4.78, 5) is 15.0. The van der Waals surface area contributed by atoms with E-state index in [1.54, 1.807) is 32.2 Å². The summed E-state index contributed by atoms with van der Waals surface area (Å²) in [6.45, 7) is 3.78. The zero-order valence-electron chi connectivity index (χ0n) is 11.6. The van der Waals surface area contributed by atoms with E-state index in [0.717, 1.165) is 6.07 Å². The molecule has 0 aliphatic heterocycles. The quantitative estimate of drug-likeness (QED) is 0.875. The molecule has 0 aliphatic carbocycles. The van der Waals surface area contributed by atoms with Gasteiger partial charge in [-0.25, -0.2) is 13.2 Å². The van der Waals surface area contributed by atoms with Gasteiger partial charge in [0.05, 0.1) is 11.4 Å². The first kappa shape index (κ1) is 15.0. The second-order valence-corrected chi connectivity index (χ2v) is 6.08. The number of carbonyl (C=O) groups is 1. The monoisotopic (exact) mass is 309 g/mol. The molecule has 2 heterocycles. The fourth-order valence-electron chi connectivity index (χ4n) is 1.87. The first-order chi connectivity index (χ1) is 9.85. The van der Waals surface area contributed by atoms with Crippen LogP contribution in [0.15, 0.2) is 35.5 Å². The van der Waals surface area contributed by atoms with Crippen LogP contribution in [0.5, 0.6) is 0 Å². The van der Waals surface area contributed by atoms with E-state index >= 15 is 0 Å². The number of carboxylic acid groups (broad SMARTS) is 1. The molecule has 0 radical (unpaired) electrons. The van der Waals surface area contributed by atoms with Gasteiger partial charge in [-0.2, -0.15) is 0 Å². The van der Waals surface area contributed by atoms with E-state index in [2.05, 4.69) is 9.71 Å². The van der Waals surface area contributed by atoms with Gasteiger partial charge in [0.25, 0.3) is 10.0 Å². The third kappa shape index (κ3) is 3.05. The molecule has 0 spiro atoms. The number of sulfonamides is 1. The van der Waals surface area contributed by atoms with Gasteiger partial charge in [-0.05, 0) is 32.0 Å². The zero-order chi connectivity index (χ0) is 15.6. The lowest BCUT2D eigenvalue weighted by Crippen LogP contribution is -2.13. The molecular formula is C13H15N3O4S. The Hall–Kier alpha value is -2.35. The Kier molecular flexibility index (Phi) is 3.99. The number of hydrogen-bond donors (Lipinski definition) is 2. The summed E-state index contributed by atoms with van der Waals surface area (Å²) < 4.78 is 28.4. The first-order valence-electron chi connectivity index (χ1n) is 6.23. The van der Waals surface area contributed by atoms with Crippen molar-refractivity contribution < 1.29 is 18.3 Å². The average molecular weight is 309 g/mol. The number of pyridine rings is 1. The molecule has 0 amide bonds. The second-order valence-electron chi connectivity index (χ2n) is 4.39. The highest BCUT2D eigenvalue weighted by Crippen LogP contribution is 2.20. The number of aromatic nitrogens is 2. The number of nitrogens with one attached hydrogen (secondary N) is 1. The molecule has 21 heavy (non-hydrogen) atoms. The van der Waals surface area contributed by atoms with E-state index in [4.69, 9.17) is 5.11 Å². The van der Waals surface area contributed by atoms with Crippen molar-refractivity contribution >= 4 is 21.7 Å². The van der Waals surface area contributed by atoms with Crippen molar-refractivity contribution in [2.45, 2.75) is 25.3 Å². The van der Waals surface area contributed by atoms with Crippen molar-refractivity contribution in [2.75, 3.05) is 4.72 Å². The molecule has 0 aromatic carbocycles. The van der Waals surface area contributed by atoms with Crippen LogP contribution in [0.3, 0.4) is 0 Å². The van der Waals surface area contributed by atoms with E-state index < -0.39 is 16.0 Å². The maximum Gasteiger partial charge on any atom is 0.352 e. The smallest absolute Gasteiger partial charge is 0.352 e. The predicted molar refractivity (Wildman–Crippen MR) is 76.8 cm³/mol. The summed E-state index contributed by atoms with van der Waals surface area (Å²) in [5, 5.41) is 9.06. The topological polar surface area (TPSA) is 101 Å². The van der Waals surface area contributed by atoms with Gasteiger partial charge in [0.2, 0.25) is 0 Å².